The van der Waals surface area contributed by atoms with Crippen LogP contribution in [0.4, 0.5) is 4.79 Å². The summed E-state index contributed by atoms with van der Waals surface area (Å²) in [7, 11) is 3.56. The second-order valence-electron chi connectivity index (χ2n) is 7.27. The van der Waals surface area contributed by atoms with Crippen LogP contribution >= 0.6 is 0 Å². The van der Waals surface area contributed by atoms with Crippen molar-refractivity contribution in [2.24, 2.45) is 5.92 Å². The topological polar surface area (TPSA) is 61.9 Å². The zero-order chi connectivity index (χ0) is 19.9. The second kappa shape index (κ2) is 9.26. The van der Waals surface area contributed by atoms with Crippen LogP contribution in [0.1, 0.15) is 17.5 Å². The van der Waals surface area contributed by atoms with E-state index in [1.807, 2.05) is 54.6 Å². The Labute approximate surface area is 166 Å². The van der Waals surface area contributed by atoms with E-state index in [0.717, 1.165) is 16.9 Å². The quantitative estimate of drug-likeness (QED) is 0.802. The molecule has 0 aromatic heterocycles. The molecule has 148 valence electrons. The van der Waals surface area contributed by atoms with Gasteiger partial charge in [-0.2, -0.15) is 0 Å². The summed E-state index contributed by atoms with van der Waals surface area (Å²) in [6.45, 7) is 2.13. The zero-order valence-corrected chi connectivity index (χ0v) is 16.4. The molecule has 6 nitrogen and oxygen atoms in total. The van der Waals surface area contributed by atoms with Crippen molar-refractivity contribution < 1.29 is 14.3 Å². The van der Waals surface area contributed by atoms with Gasteiger partial charge in [0.25, 0.3) is 0 Å². The predicted molar refractivity (Wildman–Crippen MR) is 108 cm³/mol. The number of nitrogens with one attached hydrogen (secondary N) is 1. The molecule has 1 aliphatic heterocycles. The molecule has 0 bridgehead atoms. The average molecular weight is 381 g/mol. The Morgan fingerprint density at radius 2 is 1.89 bits per heavy atom. The molecule has 3 rings (SSSR count). The number of rotatable bonds is 7. The number of amides is 3. The van der Waals surface area contributed by atoms with Gasteiger partial charge in [0.1, 0.15) is 12.4 Å². The number of para-hydroxylation sites is 1. The fourth-order valence-corrected chi connectivity index (χ4v) is 3.38. The first-order chi connectivity index (χ1) is 13.5. The molecular weight excluding hydrogens is 354 g/mol. The van der Waals surface area contributed by atoms with Gasteiger partial charge in [0.2, 0.25) is 5.91 Å². The molecule has 1 heterocycles. The van der Waals surface area contributed by atoms with E-state index in [-0.39, 0.29) is 17.9 Å². The predicted octanol–water partition coefficient (Wildman–Crippen LogP) is 2.89. The van der Waals surface area contributed by atoms with Gasteiger partial charge in [-0.1, -0.05) is 48.5 Å². The van der Waals surface area contributed by atoms with Gasteiger partial charge in [0.05, 0.1) is 0 Å². The Morgan fingerprint density at radius 1 is 1.18 bits per heavy atom. The van der Waals surface area contributed by atoms with Crippen LogP contribution in [0.5, 0.6) is 5.75 Å². The zero-order valence-electron chi connectivity index (χ0n) is 16.4. The smallest absolute Gasteiger partial charge is 0.317 e. The highest BCUT2D eigenvalue weighted by molar-refractivity contribution is 5.78. The minimum atomic E-state index is -0.153. The lowest BCUT2D eigenvalue weighted by Crippen LogP contribution is -2.40. The minimum absolute atomic E-state index is 0.142. The molecule has 3 amide bonds. The van der Waals surface area contributed by atoms with Gasteiger partial charge in [0.15, 0.2) is 0 Å². The van der Waals surface area contributed by atoms with Gasteiger partial charge in [-0.25, -0.2) is 4.79 Å². The number of ether oxygens (including phenoxy) is 1. The highest BCUT2D eigenvalue weighted by Crippen LogP contribution is 2.20. The van der Waals surface area contributed by atoms with Crippen molar-refractivity contribution in [2.45, 2.75) is 19.6 Å². The van der Waals surface area contributed by atoms with Crippen LogP contribution in [-0.2, 0) is 17.9 Å². The lowest BCUT2D eigenvalue weighted by atomic mass is 10.1. The monoisotopic (exact) mass is 381 g/mol. The second-order valence-corrected chi connectivity index (χ2v) is 7.27. The number of benzene rings is 2. The minimum Gasteiger partial charge on any atom is -0.489 e. The lowest BCUT2D eigenvalue weighted by molar-refractivity contribution is -0.126. The Bertz CT molecular complexity index is 810. The molecule has 1 atom stereocenters. The molecule has 2 aromatic carbocycles. The Morgan fingerprint density at radius 3 is 2.61 bits per heavy atom. The summed E-state index contributed by atoms with van der Waals surface area (Å²) >= 11 is 0. The van der Waals surface area contributed by atoms with E-state index in [2.05, 4.69) is 5.32 Å². The molecule has 0 aliphatic carbocycles. The number of hydrogen-bond acceptors (Lipinski definition) is 3. The SMILES string of the molecule is CN1C[C@H](CN(C)C(=O)NCc2ccccc2OCc2ccccc2)CC1=O. The fourth-order valence-electron chi connectivity index (χ4n) is 3.38. The molecule has 28 heavy (non-hydrogen) atoms. The highest BCUT2D eigenvalue weighted by atomic mass is 16.5. The van der Waals surface area contributed by atoms with Crippen molar-refractivity contribution in [3.63, 3.8) is 0 Å². The third kappa shape index (κ3) is 5.25. The third-order valence-corrected chi connectivity index (χ3v) is 4.94. The number of urea groups is 1. The molecule has 0 radical (unpaired) electrons. The van der Waals surface area contributed by atoms with Gasteiger partial charge in [-0.05, 0) is 11.6 Å². The molecule has 1 saturated heterocycles. The summed E-state index contributed by atoms with van der Waals surface area (Å²) in [5.74, 6) is 1.09. The maximum Gasteiger partial charge on any atom is 0.317 e. The Balaban J connectivity index is 1.51. The van der Waals surface area contributed by atoms with Gasteiger partial charge in [-0.3, -0.25) is 4.79 Å². The molecule has 2 aromatic rings. The van der Waals surface area contributed by atoms with E-state index in [1.54, 1.807) is 23.9 Å². The van der Waals surface area contributed by atoms with E-state index < -0.39 is 0 Å². The Hall–Kier alpha value is -3.02. The van der Waals surface area contributed by atoms with Gasteiger partial charge in [-0.15, -0.1) is 0 Å². The summed E-state index contributed by atoms with van der Waals surface area (Å²) in [6, 6.07) is 17.5. The van der Waals surface area contributed by atoms with Crippen LogP contribution in [0.2, 0.25) is 0 Å². The first-order valence-electron chi connectivity index (χ1n) is 9.50. The largest absolute Gasteiger partial charge is 0.489 e. The molecule has 6 heteroatoms. The van der Waals surface area contributed by atoms with Crippen LogP contribution in [0, 0.1) is 5.92 Å². The maximum atomic E-state index is 12.4. The van der Waals surface area contributed by atoms with Crippen LogP contribution in [0.15, 0.2) is 54.6 Å². The molecule has 0 unspecified atom stereocenters. The molecule has 0 spiro atoms. The molecule has 1 aliphatic rings. The van der Waals surface area contributed by atoms with E-state index >= 15 is 0 Å². The first-order valence-corrected chi connectivity index (χ1v) is 9.50. The summed E-state index contributed by atoms with van der Waals surface area (Å²) < 4.78 is 5.94. The van der Waals surface area contributed by atoms with Crippen molar-refractivity contribution in [3.05, 3.63) is 65.7 Å². The van der Waals surface area contributed by atoms with E-state index in [9.17, 15) is 9.59 Å². The molecular formula is C22H27N3O3. The number of carbonyl (C=O) groups is 2. The number of hydrogen-bond donors (Lipinski definition) is 1. The van der Waals surface area contributed by atoms with Crippen molar-refractivity contribution in [1.29, 1.82) is 0 Å². The van der Waals surface area contributed by atoms with E-state index in [1.165, 1.54) is 0 Å². The molecule has 1 fully saturated rings. The van der Waals surface area contributed by atoms with E-state index in [0.29, 0.717) is 32.7 Å². The van der Waals surface area contributed by atoms with Crippen molar-refractivity contribution in [3.8, 4) is 5.75 Å². The lowest BCUT2D eigenvalue weighted by Gasteiger charge is -2.21. The van der Waals surface area contributed by atoms with E-state index in [4.69, 9.17) is 4.74 Å². The van der Waals surface area contributed by atoms with Gasteiger partial charge in [0, 0.05) is 51.6 Å². The third-order valence-electron chi connectivity index (χ3n) is 4.94. The number of nitrogens with zero attached hydrogens (tertiary/aromatic N) is 2. The summed E-state index contributed by atoms with van der Waals surface area (Å²) in [6.07, 6.45) is 0.504. The molecule has 0 saturated carbocycles. The molecule has 1 N–H and O–H groups in total. The normalized spacial score (nSPS) is 16.1. The van der Waals surface area contributed by atoms with Crippen LogP contribution < -0.4 is 10.1 Å². The van der Waals surface area contributed by atoms with Gasteiger partial charge < -0.3 is 19.9 Å². The number of likely N-dealkylation sites (tertiary alicyclic amines) is 1. The maximum absolute atomic E-state index is 12.4. The summed E-state index contributed by atoms with van der Waals surface area (Å²) in [5, 5.41) is 2.94. The highest BCUT2D eigenvalue weighted by Gasteiger charge is 2.28. The van der Waals surface area contributed by atoms with Gasteiger partial charge >= 0.3 is 6.03 Å². The summed E-state index contributed by atoms with van der Waals surface area (Å²) in [4.78, 5) is 27.4. The standard InChI is InChI=1S/C22H27N3O3/c1-24-14-18(12-21(24)26)15-25(2)22(27)23-13-19-10-6-7-11-20(19)28-16-17-8-4-3-5-9-17/h3-11,18H,12-16H2,1-2H3,(H,23,27)/t18-/m1/s1. The fraction of sp³-hybridized carbons (Fsp3) is 0.364. The van der Waals surface area contributed by atoms with Crippen LogP contribution in [0.3, 0.4) is 0 Å². The first kappa shape index (κ1) is 19.7. The summed E-state index contributed by atoms with van der Waals surface area (Å²) in [5.41, 5.74) is 2.02. The van der Waals surface area contributed by atoms with Crippen molar-refractivity contribution >= 4 is 11.9 Å². The van der Waals surface area contributed by atoms with Crippen molar-refractivity contribution in [2.75, 3.05) is 27.2 Å². The van der Waals surface area contributed by atoms with Crippen molar-refractivity contribution in [1.82, 2.24) is 15.1 Å². The average Bonchev–Trinajstić information content (AvgIpc) is 3.02. The van der Waals surface area contributed by atoms with Crippen LogP contribution in [0.25, 0.3) is 0 Å². The Kier molecular flexibility index (Phi) is 6.53. The van der Waals surface area contributed by atoms with Crippen LogP contribution in [-0.4, -0.2) is 48.9 Å². The number of carbonyl (C=O) groups excluding carboxylic acids is 2.